The van der Waals surface area contributed by atoms with E-state index < -0.39 is 34.5 Å². The molecular formula is C11H12FN3O5. The molecule has 0 saturated carbocycles. The van der Waals surface area contributed by atoms with E-state index in [9.17, 15) is 24.1 Å². The Kier molecular flexibility index (Phi) is 4.95. The normalized spacial score (nSPS) is 11.5. The summed E-state index contributed by atoms with van der Waals surface area (Å²) in [5.41, 5.74) is -0.737. The summed E-state index contributed by atoms with van der Waals surface area (Å²) in [4.78, 5) is 31.7. The zero-order valence-electron chi connectivity index (χ0n) is 10.4. The molecule has 0 aromatic heterocycles. The van der Waals surface area contributed by atoms with Crippen LogP contribution in [0, 0.1) is 15.9 Å². The van der Waals surface area contributed by atoms with Gasteiger partial charge in [-0.05, 0) is 12.5 Å². The summed E-state index contributed by atoms with van der Waals surface area (Å²) in [6.07, 6.45) is 0.178. The monoisotopic (exact) mass is 285 g/mol. The Morgan fingerprint density at radius 3 is 2.60 bits per heavy atom. The number of halogens is 1. The lowest BCUT2D eigenvalue weighted by Gasteiger charge is -2.13. The minimum atomic E-state index is -1.20. The van der Waals surface area contributed by atoms with Crippen LogP contribution in [0.5, 0.6) is 0 Å². The molecule has 0 saturated heterocycles. The van der Waals surface area contributed by atoms with Gasteiger partial charge < -0.3 is 15.7 Å². The van der Waals surface area contributed by atoms with E-state index in [-0.39, 0.29) is 12.1 Å². The molecule has 0 heterocycles. The largest absolute Gasteiger partial charge is 0.480 e. The number of amides is 2. The quantitative estimate of drug-likeness (QED) is 0.561. The number of urea groups is 1. The van der Waals surface area contributed by atoms with Crippen molar-refractivity contribution < 1.29 is 24.0 Å². The highest BCUT2D eigenvalue weighted by atomic mass is 19.1. The van der Waals surface area contributed by atoms with Crippen LogP contribution in [0.1, 0.15) is 13.3 Å². The standard InChI is InChI=1S/C11H12FN3O5/c1-2-8(10(16)17)14-11(18)13-6-3-4-9(15(19)20)7(12)5-6/h3-5,8H,2H2,1H3,(H,16,17)(H2,13,14,18). The molecule has 1 aromatic rings. The second-order valence-corrected chi connectivity index (χ2v) is 3.82. The Balaban J connectivity index is 2.74. The molecule has 1 atom stereocenters. The number of carboxylic acids is 1. The SMILES string of the molecule is CCC(NC(=O)Nc1ccc([N+](=O)[O-])c(F)c1)C(=O)O. The molecule has 0 aliphatic rings. The third-order valence-electron chi connectivity index (χ3n) is 2.41. The van der Waals surface area contributed by atoms with Crippen molar-refractivity contribution in [3.05, 3.63) is 34.1 Å². The minimum absolute atomic E-state index is 0.0224. The van der Waals surface area contributed by atoms with Crippen LogP contribution in [0.25, 0.3) is 0 Å². The van der Waals surface area contributed by atoms with Gasteiger partial charge in [0.05, 0.1) is 4.92 Å². The van der Waals surface area contributed by atoms with Gasteiger partial charge in [-0.1, -0.05) is 6.92 Å². The molecule has 1 aromatic carbocycles. The van der Waals surface area contributed by atoms with Crippen LogP contribution in [0.4, 0.5) is 20.6 Å². The summed E-state index contributed by atoms with van der Waals surface area (Å²) >= 11 is 0. The van der Waals surface area contributed by atoms with Gasteiger partial charge in [-0.15, -0.1) is 0 Å². The Hall–Kier alpha value is -2.71. The van der Waals surface area contributed by atoms with Crippen LogP contribution in [-0.4, -0.2) is 28.1 Å². The van der Waals surface area contributed by atoms with Crippen molar-refractivity contribution in [3.63, 3.8) is 0 Å². The zero-order valence-corrected chi connectivity index (χ0v) is 10.4. The molecule has 20 heavy (non-hydrogen) atoms. The highest BCUT2D eigenvalue weighted by Crippen LogP contribution is 2.20. The van der Waals surface area contributed by atoms with Crippen LogP contribution in [-0.2, 0) is 4.79 Å². The molecule has 0 spiro atoms. The third kappa shape index (κ3) is 3.90. The van der Waals surface area contributed by atoms with E-state index in [1.807, 2.05) is 0 Å². The first kappa shape index (κ1) is 15.3. The fourth-order valence-electron chi connectivity index (χ4n) is 1.40. The molecule has 1 unspecified atom stereocenters. The summed E-state index contributed by atoms with van der Waals surface area (Å²) in [6.45, 7) is 1.57. The van der Waals surface area contributed by atoms with E-state index in [2.05, 4.69) is 10.6 Å². The third-order valence-corrected chi connectivity index (χ3v) is 2.41. The molecule has 0 bridgehead atoms. The smallest absolute Gasteiger partial charge is 0.326 e. The van der Waals surface area contributed by atoms with Crippen molar-refractivity contribution in [2.24, 2.45) is 0 Å². The Morgan fingerprint density at radius 2 is 2.15 bits per heavy atom. The first-order chi connectivity index (χ1) is 9.35. The van der Waals surface area contributed by atoms with Gasteiger partial charge in [-0.2, -0.15) is 4.39 Å². The second-order valence-electron chi connectivity index (χ2n) is 3.82. The summed E-state index contributed by atoms with van der Waals surface area (Å²) in [6, 6.07) is 0.909. The number of nitro groups is 1. The highest BCUT2D eigenvalue weighted by molar-refractivity contribution is 5.92. The number of carboxylic acid groups (broad SMARTS) is 1. The number of nitrogens with zero attached hydrogens (tertiary/aromatic N) is 1. The highest BCUT2D eigenvalue weighted by Gasteiger charge is 2.18. The number of hydrogen-bond donors (Lipinski definition) is 3. The molecular weight excluding hydrogens is 273 g/mol. The Morgan fingerprint density at radius 1 is 1.50 bits per heavy atom. The van der Waals surface area contributed by atoms with E-state index in [0.29, 0.717) is 0 Å². The predicted octanol–water partition coefficient (Wildman–Crippen LogP) is 1.72. The van der Waals surface area contributed by atoms with Crippen molar-refractivity contribution in [2.75, 3.05) is 5.32 Å². The van der Waals surface area contributed by atoms with Gasteiger partial charge in [0, 0.05) is 17.8 Å². The fourth-order valence-corrected chi connectivity index (χ4v) is 1.40. The van der Waals surface area contributed by atoms with Crippen molar-refractivity contribution in [3.8, 4) is 0 Å². The number of aliphatic carboxylic acids is 1. The number of nitrogens with one attached hydrogen (secondary N) is 2. The maximum Gasteiger partial charge on any atom is 0.326 e. The number of anilines is 1. The van der Waals surface area contributed by atoms with Crippen molar-refractivity contribution in [2.45, 2.75) is 19.4 Å². The van der Waals surface area contributed by atoms with Gasteiger partial charge in [-0.25, -0.2) is 9.59 Å². The van der Waals surface area contributed by atoms with E-state index >= 15 is 0 Å². The molecule has 0 aliphatic carbocycles. The molecule has 8 nitrogen and oxygen atoms in total. The molecule has 9 heteroatoms. The number of benzene rings is 1. The average Bonchev–Trinajstić information content (AvgIpc) is 2.35. The van der Waals surface area contributed by atoms with Crippen LogP contribution in [0.15, 0.2) is 18.2 Å². The summed E-state index contributed by atoms with van der Waals surface area (Å²) in [5, 5.41) is 23.5. The zero-order chi connectivity index (χ0) is 15.3. The summed E-state index contributed by atoms with van der Waals surface area (Å²) < 4.78 is 13.3. The predicted molar refractivity (Wildman–Crippen MR) is 66.9 cm³/mol. The van der Waals surface area contributed by atoms with Gasteiger partial charge >= 0.3 is 17.7 Å². The molecule has 1 rings (SSSR count). The number of carbonyl (C=O) groups is 2. The average molecular weight is 285 g/mol. The van der Waals surface area contributed by atoms with Gasteiger partial charge in [0.25, 0.3) is 0 Å². The topological polar surface area (TPSA) is 122 Å². The van der Waals surface area contributed by atoms with Crippen LogP contribution < -0.4 is 10.6 Å². The summed E-state index contributed by atoms with van der Waals surface area (Å²) in [5.74, 6) is -2.30. The number of nitro benzene ring substituents is 1. The first-order valence-electron chi connectivity index (χ1n) is 5.59. The second kappa shape index (κ2) is 6.45. The van der Waals surface area contributed by atoms with Crippen molar-refractivity contribution in [1.82, 2.24) is 5.32 Å². The summed E-state index contributed by atoms with van der Waals surface area (Å²) in [7, 11) is 0. The minimum Gasteiger partial charge on any atom is -0.480 e. The maximum atomic E-state index is 13.3. The Bertz CT molecular complexity index is 549. The maximum absolute atomic E-state index is 13.3. The molecule has 2 amide bonds. The molecule has 0 aliphatic heterocycles. The van der Waals surface area contributed by atoms with Crippen molar-refractivity contribution >= 4 is 23.4 Å². The lowest BCUT2D eigenvalue weighted by molar-refractivity contribution is -0.387. The number of rotatable bonds is 5. The Labute approximate surface area is 112 Å². The van der Waals surface area contributed by atoms with Gasteiger partial charge in [0.2, 0.25) is 5.82 Å². The van der Waals surface area contributed by atoms with Gasteiger partial charge in [0.1, 0.15) is 6.04 Å². The van der Waals surface area contributed by atoms with Gasteiger partial charge in [0.15, 0.2) is 0 Å². The van der Waals surface area contributed by atoms with Gasteiger partial charge in [-0.3, -0.25) is 10.1 Å². The molecule has 0 fully saturated rings. The lowest BCUT2D eigenvalue weighted by Crippen LogP contribution is -2.42. The van der Waals surface area contributed by atoms with Crippen LogP contribution in [0.2, 0.25) is 0 Å². The van der Waals surface area contributed by atoms with Crippen LogP contribution in [0.3, 0.4) is 0 Å². The van der Waals surface area contributed by atoms with E-state index in [0.717, 1.165) is 18.2 Å². The number of carbonyl (C=O) groups excluding carboxylic acids is 1. The molecule has 0 radical (unpaired) electrons. The number of hydrogen-bond acceptors (Lipinski definition) is 4. The van der Waals surface area contributed by atoms with E-state index in [1.54, 1.807) is 6.92 Å². The van der Waals surface area contributed by atoms with Crippen LogP contribution >= 0.6 is 0 Å². The first-order valence-corrected chi connectivity index (χ1v) is 5.59. The van der Waals surface area contributed by atoms with E-state index in [4.69, 9.17) is 5.11 Å². The fraction of sp³-hybridized carbons (Fsp3) is 0.273. The lowest BCUT2D eigenvalue weighted by atomic mass is 10.2. The molecule has 3 N–H and O–H groups in total. The van der Waals surface area contributed by atoms with Crippen molar-refractivity contribution in [1.29, 1.82) is 0 Å². The molecule has 108 valence electrons. The van der Waals surface area contributed by atoms with E-state index in [1.165, 1.54) is 0 Å².